The second-order valence-corrected chi connectivity index (χ2v) is 23.1. The lowest BCUT2D eigenvalue weighted by Crippen LogP contribution is -2.51. The molecule has 0 aliphatic heterocycles. The first-order chi connectivity index (χ1) is 33.4. The van der Waals surface area contributed by atoms with Gasteiger partial charge in [0.15, 0.2) is 12.1 Å². The lowest BCUT2D eigenvalue weighted by atomic mass is 9.80. The van der Waals surface area contributed by atoms with Crippen molar-refractivity contribution in [2.45, 2.75) is 69.8 Å². The topological polar surface area (TPSA) is 239 Å². The van der Waals surface area contributed by atoms with Crippen molar-refractivity contribution in [3.05, 3.63) is 203 Å². The number of carbonyl (C=O) groups excluding carboxylic acids is 4. The van der Waals surface area contributed by atoms with E-state index < -0.39 is 98.3 Å². The highest BCUT2D eigenvalue weighted by Crippen LogP contribution is 2.41. The van der Waals surface area contributed by atoms with E-state index in [0.29, 0.717) is 22.4 Å². The highest BCUT2D eigenvalue weighted by molar-refractivity contribution is 6.77. The zero-order valence-corrected chi connectivity index (χ0v) is 40.7. The van der Waals surface area contributed by atoms with Gasteiger partial charge in [0.25, 0.3) is 11.1 Å². The van der Waals surface area contributed by atoms with Crippen LogP contribution in [0.1, 0.15) is 38.9 Å². The molecule has 6 aromatic rings. The van der Waals surface area contributed by atoms with Crippen LogP contribution in [0.4, 0.5) is 0 Å². The summed E-state index contributed by atoms with van der Waals surface area (Å²) in [6.07, 6.45) is 2.40. The summed E-state index contributed by atoms with van der Waals surface area (Å²) in [5.41, 5.74) is -1.44. The maximum atomic E-state index is 14.5. The average molecular weight is 973 g/mol. The fourth-order valence-electron chi connectivity index (χ4n) is 7.79. The fraction of sp³-hybridized carbons (Fsp3) is 0.294. The van der Waals surface area contributed by atoms with Crippen molar-refractivity contribution in [3.63, 3.8) is 0 Å². The van der Waals surface area contributed by atoms with Gasteiger partial charge in [-0.3, -0.25) is 38.3 Å². The summed E-state index contributed by atoms with van der Waals surface area (Å²) < 4.78 is 26.0. The minimum absolute atomic E-state index is 0.0695. The van der Waals surface area contributed by atoms with E-state index in [1.165, 1.54) is 33.4 Å². The van der Waals surface area contributed by atoms with Crippen molar-refractivity contribution in [1.82, 2.24) is 29.7 Å². The van der Waals surface area contributed by atoms with Crippen LogP contribution in [-0.2, 0) is 52.1 Å². The van der Waals surface area contributed by atoms with Crippen LogP contribution < -0.4 is 37.9 Å². The average Bonchev–Trinajstić information content (AvgIpc) is 3.34. The van der Waals surface area contributed by atoms with Crippen molar-refractivity contribution in [1.29, 1.82) is 0 Å². The molecule has 18 nitrogen and oxygen atoms in total. The number of aryl methyl sites for hydroxylation is 2. The summed E-state index contributed by atoms with van der Waals surface area (Å²) in [5.74, 6) is -3.20. The SMILES string of the molecule is COc1ccc(C(OC[C@H](NC(=O)Cn2cc(C)c(=O)[nH]c2=O)C(=O)OC[C@H](NC(=O)Cn2cc(C)c(=O)[nH]c2=O)C(=O)OCC(c2ccccc2)[Si](C)(C)C)(c2ccccc2)c2ccccc2)cc1. The van der Waals surface area contributed by atoms with E-state index in [0.717, 1.165) is 14.7 Å². The predicted octanol–water partition coefficient (Wildman–Crippen LogP) is 3.44. The van der Waals surface area contributed by atoms with Crippen LogP contribution >= 0.6 is 0 Å². The molecule has 0 bridgehead atoms. The molecule has 0 saturated carbocycles. The highest BCUT2D eigenvalue weighted by Gasteiger charge is 2.40. The Morgan fingerprint density at radius 1 is 0.586 bits per heavy atom. The molecule has 0 radical (unpaired) electrons. The van der Waals surface area contributed by atoms with Gasteiger partial charge in [-0.2, -0.15) is 0 Å². The number of methoxy groups -OCH3 is 1. The maximum absolute atomic E-state index is 14.5. The molecule has 19 heteroatoms. The van der Waals surface area contributed by atoms with E-state index >= 15 is 0 Å². The van der Waals surface area contributed by atoms with Crippen LogP contribution in [0.5, 0.6) is 5.75 Å². The summed E-state index contributed by atoms with van der Waals surface area (Å²) in [6, 6.07) is 31.7. The molecule has 4 aromatic carbocycles. The van der Waals surface area contributed by atoms with Gasteiger partial charge >= 0.3 is 23.3 Å². The standard InChI is InChI=1S/C51H56N6O12Si/c1-33-26-56(49(64)54-45(33)60)28-43(58)52-40(47(62)68-32-42(70(4,5)6)35-16-10-7-11-17-35)30-67-48(63)41(53-44(59)29-57-27-34(2)46(61)55-50(57)65)31-69-51(36-18-12-8-13-19-36,37-20-14-9-15-21-37)38-22-24-39(66-3)25-23-38/h7-27,40-42H,28-32H2,1-6H3,(H,52,58)(H,53,59)(H,54,60,64)(H,55,61,65)/t40-,41-,42?/m0/s1. The number of nitrogens with zero attached hydrogens (tertiary/aromatic N) is 2. The number of H-pyrrole nitrogens is 2. The monoisotopic (exact) mass is 972 g/mol. The predicted molar refractivity (Wildman–Crippen MR) is 262 cm³/mol. The molecule has 2 heterocycles. The summed E-state index contributed by atoms with van der Waals surface area (Å²) >= 11 is 0. The summed E-state index contributed by atoms with van der Waals surface area (Å²) in [7, 11) is -0.518. The number of hydrogen-bond donors (Lipinski definition) is 4. The van der Waals surface area contributed by atoms with Crippen molar-refractivity contribution in [2.24, 2.45) is 0 Å². The van der Waals surface area contributed by atoms with Gasteiger partial charge < -0.3 is 29.6 Å². The normalized spacial score (nSPS) is 12.8. The minimum atomic E-state index is -2.05. The second kappa shape index (κ2) is 22.9. The van der Waals surface area contributed by atoms with E-state index in [2.05, 4.69) is 40.2 Å². The largest absolute Gasteiger partial charge is 0.497 e. The van der Waals surface area contributed by atoms with Gasteiger partial charge in [-0.25, -0.2) is 19.2 Å². The number of esters is 2. The number of hydrogen-bond acceptors (Lipinski definition) is 12. The van der Waals surface area contributed by atoms with Gasteiger partial charge in [-0.05, 0) is 48.2 Å². The van der Waals surface area contributed by atoms with Crippen LogP contribution in [0.15, 0.2) is 147 Å². The third kappa shape index (κ3) is 12.8. The van der Waals surface area contributed by atoms with Gasteiger partial charge in [0.1, 0.15) is 31.0 Å². The van der Waals surface area contributed by atoms with Crippen molar-refractivity contribution < 1.29 is 38.1 Å². The zero-order valence-electron chi connectivity index (χ0n) is 39.7. The molecule has 0 aliphatic rings. The quantitative estimate of drug-likeness (QED) is 0.0461. The Labute approximate surface area is 403 Å². The van der Waals surface area contributed by atoms with E-state index in [4.69, 9.17) is 18.9 Å². The molecule has 2 aromatic heterocycles. The van der Waals surface area contributed by atoms with Crippen LogP contribution in [0, 0.1) is 13.8 Å². The van der Waals surface area contributed by atoms with Gasteiger partial charge in [-0.15, -0.1) is 0 Å². The number of ether oxygens (including phenoxy) is 4. The van der Waals surface area contributed by atoms with Crippen molar-refractivity contribution in [3.8, 4) is 5.75 Å². The summed E-state index contributed by atoms with van der Waals surface area (Å²) in [6.45, 7) is 6.57. The molecule has 0 fully saturated rings. The van der Waals surface area contributed by atoms with Crippen LogP contribution in [0.25, 0.3) is 0 Å². The Kier molecular flexibility index (Phi) is 16.9. The Morgan fingerprint density at radius 2 is 1.00 bits per heavy atom. The summed E-state index contributed by atoms with van der Waals surface area (Å²) in [5, 5.41) is 5.13. The number of aromatic amines is 2. The molecule has 70 heavy (non-hydrogen) atoms. The molecule has 1 unspecified atom stereocenters. The van der Waals surface area contributed by atoms with E-state index in [-0.39, 0.29) is 23.3 Å². The lowest BCUT2D eigenvalue weighted by molar-refractivity contribution is -0.157. The summed E-state index contributed by atoms with van der Waals surface area (Å²) in [4.78, 5) is 110. The smallest absolute Gasteiger partial charge is 0.332 e. The number of carbonyl (C=O) groups is 4. The number of aromatic nitrogens is 4. The maximum Gasteiger partial charge on any atom is 0.332 e. The van der Waals surface area contributed by atoms with Crippen LogP contribution in [0.3, 0.4) is 0 Å². The first kappa shape index (κ1) is 51.5. The molecule has 4 N–H and O–H groups in total. The lowest BCUT2D eigenvalue weighted by Gasteiger charge is -2.37. The molecule has 0 saturated heterocycles. The second-order valence-electron chi connectivity index (χ2n) is 17.7. The molecule has 6 rings (SSSR count). The van der Waals surface area contributed by atoms with Gasteiger partial charge in [-0.1, -0.05) is 123 Å². The molecule has 3 atom stereocenters. The van der Waals surface area contributed by atoms with Crippen molar-refractivity contribution in [2.75, 3.05) is 26.9 Å². The first-order valence-electron chi connectivity index (χ1n) is 22.4. The fourth-order valence-corrected chi connectivity index (χ4v) is 9.57. The zero-order chi connectivity index (χ0) is 50.6. The molecular weight excluding hydrogens is 917 g/mol. The Hall–Kier alpha value is -7.90. The van der Waals surface area contributed by atoms with Gasteiger partial charge in [0.05, 0.1) is 28.4 Å². The molecule has 2 amide bonds. The van der Waals surface area contributed by atoms with Gasteiger partial charge in [0, 0.05) is 29.1 Å². The van der Waals surface area contributed by atoms with E-state index in [1.54, 1.807) is 12.1 Å². The van der Waals surface area contributed by atoms with E-state index in [9.17, 15) is 38.4 Å². The van der Waals surface area contributed by atoms with E-state index in [1.807, 2.05) is 103 Å². The Morgan fingerprint density at radius 3 is 1.44 bits per heavy atom. The minimum Gasteiger partial charge on any atom is -0.497 e. The number of benzene rings is 4. The van der Waals surface area contributed by atoms with Crippen LogP contribution in [-0.4, -0.2) is 89.9 Å². The molecule has 0 spiro atoms. The molecule has 0 aliphatic carbocycles. The third-order valence-corrected chi connectivity index (χ3v) is 14.2. The molecule has 366 valence electrons. The van der Waals surface area contributed by atoms with Crippen LogP contribution in [0.2, 0.25) is 19.6 Å². The first-order valence-corrected chi connectivity index (χ1v) is 25.9. The Bertz CT molecular complexity index is 2980. The third-order valence-electron chi connectivity index (χ3n) is 11.6. The van der Waals surface area contributed by atoms with Gasteiger partial charge in [0.2, 0.25) is 11.8 Å². The number of rotatable bonds is 21. The molecular formula is C51H56N6O12Si. The highest BCUT2D eigenvalue weighted by atomic mass is 28.3. The number of nitrogens with one attached hydrogen (secondary N) is 4. The van der Waals surface area contributed by atoms with Crippen molar-refractivity contribution >= 4 is 31.8 Å². The Balaban J connectivity index is 1.34. The number of amides is 2.